The maximum Gasteiger partial charge on any atom is 0.407 e. The van der Waals surface area contributed by atoms with Gasteiger partial charge >= 0.3 is 12.4 Å². The third-order valence-corrected chi connectivity index (χ3v) is 2.72. The van der Waals surface area contributed by atoms with E-state index in [-0.39, 0.29) is 5.02 Å². The molecule has 1 rings (SSSR count). The fourth-order valence-corrected chi connectivity index (χ4v) is 1.70. The van der Waals surface area contributed by atoms with Crippen LogP contribution < -0.4 is 0 Å². The summed E-state index contributed by atoms with van der Waals surface area (Å²) in [6.07, 6.45) is -12.8. The lowest BCUT2D eigenvalue weighted by Gasteiger charge is -2.21. The van der Waals surface area contributed by atoms with Gasteiger partial charge in [0.2, 0.25) is 5.92 Å². The molecule has 0 unspecified atom stereocenters. The molecule has 0 aromatic heterocycles. The highest BCUT2D eigenvalue weighted by Gasteiger charge is 2.60. The molecule has 0 heterocycles. The lowest BCUT2D eigenvalue weighted by Crippen LogP contribution is -2.43. The Balaban J connectivity index is 3.07. The average molecular weight is 323 g/mol. The smallest absolute Gasteiger partial charge is 0.298 e. The fourth-order valence-electron chi connectivity index (χ4n) is 1.52. The van der Waals surface area contributed by atoms with Gasteiger partial charge in [-0.2, -0.15) is 26.3 Å². The summed E-state index contributed by atoms with van der Waals surface area (Å²) in [5, 5.41) is -0.289. The minimum Gasteiger partial charge on any atom is -0.298 e. The van der Waals surface area contributed by atoms with Gasteiger partial charge in [-0.1, -0.05) is 11.6 Å². The predicted octanol–water partition coefficient (Wildman–Crippen LogP) is 4.33. The monoisotopic (exact) mass is 322 g/mol. The van der Waals surface area contributed by atoms with Crippen molar-refractivity contribution in [3.63, 3.8) is 0 Å². The highest BCUT2D eigenvalue weighted by Crippen LogP contribution is 2.40. The Bertz CT molecular complexity index is 492. The third kappa shape index (κ3) is 4.09. The van der Waals surface area contributed by atoms with Crippen molar-refractivity contribution in [3.8, 4) is 0 Å². The van der Waals surface area contributed by atoms with Crippen LogP contribution in [0.3, 0.4) is 0 Å². The molecule has 0 spiro atoms. The van der Waals surface area contributed by atoms with Crippen molar-refractivity contribution in [2.45, 2.75) is 18.8 Å². The molecule has 0 amide bonds. The summed E-state index contributed by atoms with van der Waals surface area (Å²) in [6, 6.07) is 2.42. The lowest BCUT2D eigenvalue weighted by atomic mass is 9.96. The highest BCUT2D eigenvalue weighted by atomic mass is 35.5. The van der Waals surface area contributed by atoms with Gasteiger partial charge in [0.05, 0.1) is 0 Å². The first-order valence-electron chi connectivity index (χ1n) is 5.03. The van der Waals surface area contributed by atoms with Crippen LogP contribution in [0, 0.1) is 11.7 Å². The van der Waals surface area contributed by atoms with Crippen molar-refractivity contribution in [2.24, 2.45) is 5.92 Å². The largest absolute Gasteiger partial charge is 0.407 e. The molecule has 112 valence electrons. The van der Waals surface area contributed by atoms with Gasteiger partial charge in [-0.3, -0.25) is 4.79 Å². The summed E-state index contributed by atoms with van der Waals surface area (Å²) in [5.74, 6) is -7.18. The van der Waals surface area contributed by atoms with E-state index in [4.69, 9.17) is 11.6 Å². The molecule has 0 saturated carbocycles. The Kier molecular flexibility index (Phi) is 4.68. The van der Waals surface area contributed by atoms with Gasteiger partial charge in [-0.15, -0.1) is 0 Å². The SMILES string of the molecule is O=C(Cc1cc(F)ccc1Cl)C(C(F)(F)F)C(F)(F)F. The molecule has 1 aromatic rings. The minimum absolute atomic E-state index is 0.289. The van der Waals surface area contributed by atoms with E-state index in [2.05, 4.69) is 0 Å². The molecule has 0 aliphatic carbocycles. The molecule has 0 aliphatic rings. The van der Waals surface area contributed by atoms with Gasteiger partial charge in [0.15, 0.2) is 5.78 Å². The van der Waals surface area contributed by atoms with Crippen molar-refractivity contribution >= 4 is 17.4 Å². The second-order valence-electron chi connectivity index (χ2n) is 3.90. The predicted molar refractivity (Wildman–Crippen MR) is 55.7 cm³/mol. The number of benzene rings is 1. The Morgan fingerprint density at radius 2 is 1.60 bits per heavy atom. The normalized spacial score (nSPS) is 12.8. The molecule has 1 aromatic carbocycles. The molecule has 0 saturated heterocycles. The topological polar surface area (TPSA) is 17.1 Å². The Labute approximate surface area is 113 Å². The van der Waals surface area contributed by atoms with E-state index in [1.165, 1.54) is 0 Å². The zero-order valence-electron chi connectivity index (χ0n) is 9.45. The molecule has 1 nitrogen and oxygen atoms in total. The molecular weight excluding hydrogens is 317 g/mol. The Morgan fingerprint density at radius 1 is 1.10 bits per heavy atom. The van der Waals surface area contributed by atoms with E-state index in [0.717, 1.165) is 12.1 Å². The van der Waals surface area contributed by atoms with E-state index in [0.29, 0.717) is 6.07 Å². The van der Waals surface area contributed by atoms with Crippen LogP contribution in [0.5, 0.6) is 0 Å². The summed E-state index contributed by atoms with van der Waals surface area (Å²) >= 11 is 5.49. The van der Waals surface area contributed by atoms with Crippen LogP contribution >= 0.6 is 11.6 Å². The average Bonchev–Trinajstić information content (AvgIpc) is 2.18. The lowest BCUT2D eigenvalue weighted by molar-refractivity contribution is -0.273. The maximum absolute atomic E-state index is 12.9. The van der Waals surface area contributed by atoms with Crippen molar-refractivity contribution in [3.05, 3.63) is 34.6 Å². The molecule has 9 heteroatoms. The molecule has 0 aliphatic heterocycles. The number of alkyl halides is 6. The van der Waals surface area contributed by atoms with Crippen LogP contribution in [0.1, 0.15) is 5.56 Å². The van der Waals surface area contributed by atoms with Crippen LogP contribution in [0.25, 0.3) is 0 Å². The van der Waals surface area contributed by atoms with Gasteiger partial charge in [-0.05, 0) is 23.8 Å². The summed E-state index contributed by atoms with van der Waals surface area (Å²) in [5.41, 5.74) is -0.435. The number of ketones is 1. The molecular formula is C11H6ClF7O. The van der Waals surface area contributed by atoms with Crippen LogP contribution in [0.15, 0.2) is 18.2 Å². The molecule has 20 heavy (non-hydrogen) atoms. The van der Waals surface area contributed by atoms with Crippen LogP contribution in [0.2, 0.25) is 5.02 Å². The molecule has 0 atom stereocenters. The fraction of sp³-hybridized carbons (Fsp3) is 0.364. The number of hydrogen-bond donors (Lipinski definition) is 0. The van der Waals surface area contributed by atoms with Crippen molar-refractivity contribution < 1.29 is 35.5 Å². The molecule has 0 bridgehead atoms. The van der Waals surface area contributed by atoms with Gasteiger partial charge in [0.1, 0.15) is 5.82 Å². The van der Waals surface area contributed by atoms with E-state index in [1.54, 1.807) is 0 Å². The number of carbonyl (C=O) groups is 1. The number of rotatable bonds is 3. The molecule has 0 radical (unpaired) electrons. The standard InChI is InChI=1S/C11H6ClF7O/c12-7-2-1-6(13)3-5(7)4-8(20)9(10(14,15)16)11(17,18)19/h1-3,9H,4H2. The van der Waals surface area contributed by atoms with Crippen LogP contribution in [-0.4, -0.2) is 18.1 Å². The van der Waals surface area contributed by atoms with E-state index in [1.807, 2.05) is 0 Å². The quantitative estimate of drug-likeness (QED) is 0.757. The maximum atomic E-state index is 12.9. The first-order chi connectivity index (χ1) is 8.93. The highest BCUT2D eigenvalue weighted by molar-refractivity contribution is 6.31. The van der Waals surface area contributed by atoms with E-state index < -0.39 is 41.9 Å². The second kappa shape index (κ2) is 5.59. The summed E-state index contributed by atoms with van der Waals surface area (Å²) < 4.78 is 86.7. The summed E-state index contributed by atoms with van der Waals surface area (Å²) in [6.45, 7) is 0. The number of hydrogen-bond acceptors (Lipinski definition) is 1. The number of halogens is 8. The van der Waals surface area contributed by atoms with Gasteiger partial charge < -0.3 is 0 Å². The first kappa shape index (κ1) is 16.7. The van der Waals surface area contributed by atoms with Crippen LogP contribution in [-0.2, 0) is 11.2 Å². The van der Waals surface area contributed by atoms with Crippen molar-refractivity contribution in [1.29, 1.82) is 0 Å². The van der Waals surface area contributed by atoms with Crippen molar-refractivity contribution in [2.75, 3.05) is 0 Å². The Morgan fingerprint density at radius 3 is 2.05 bits per heavy atom. The van der Waals surface area contributed by atoms with Gasteiger partial charge in [0.25, 0.3) is 0 Å². The Hall–Kier alpha value is -1.31. The zero-order chi connectivity index (χ0) is 15.7. The number of Topliss-reactive ketones (excluding diaryl/α,β-unsaturated/α-hetero) is 1. The first-order valence-corrected chi connectivity index (χ1v) is 5.41. The number of carbonyl (C=O) groups excluding carboxylic acids is 1. The second-order valence-corrected chi connectivity index (χ2v) is 4.30. The van der Waals surface area contributed by atoms with Crippen molar-refractivity contribution in [1.82, 2.24) is 0 Å². The molecule has 0 fully saturated rings. The molecule has 0 N–H and O–H groups in total. The van der Waals surface area contributed by atoms with Crippen LogP contribution in [0.4, 0.5) is 30.7 Å². The minimum atomic E-state index is -5.77. The van der Waals surface area contributed by atoms with Gasteiger partial charge in [0, 0.05) is 11.4 Å². The van der Waals surface area contributed by atoms with E-state index in [9.17, 15) is 35.5 Å². The summed E-state index contributed by atoms with van der Waals surface area (Å²) in [7, 11) is 0. The third-order valence-electron chi connectivity index (χ3n) is 2.35. The van der Waals surface area contributed by atoms with Gasteiger partial charge in [-0.25, -0.2) is 4.39 Å². The van der Waals surface area contributed by atoms with E-state index >= 15 is 0 Å². The summed E-state index contributed by atoms with van der Waals surface area (Å²) in [4.78, 5) is 11.2. The zero-order valence-corrected chi connectivity index (χ0v) is 10.2.